The summed E-state index contributed by atoms with van der Waals surface area (Å²) in [6, 6.07) is 4.53. The summed E-state index contributed by atoms with van der Waals surface area (Å²) < 4.78 is 6.38. The molecule has 122 valence electrons. The molecule has 23 heavy (non-hydrogen) atoms. The molecule has 1 saturated carbocycles. The van der Waals surface area contributed by atoms with Gasteiger partial charge in [-0.15, -0.1) is 6.58 Å². The van der Waals surface area contributed by atoms with E-state index in [1.807, 2.05) is 12.1 Å². The molecule has 1 spiro atoms. The van der Waals surface area contributed by atoms with E-state index in [0.29, 0.717) is 11.8 Å². The molecule has 0 aromatic heterocycles. The standard InChI is InChI=1S/C20H25NO2/c1-3-10-21-11-9-20-16-5-4-8-19(20,2)15(21)12-13-6-7-14(22)18(23-16)17(13)20/h3,6-7,15-16,22H,1,4-5,8-12H2,2H3/t15?,16-,19-,20+/m0/s1. The van der Waals surface area contributed by atoms with E-state index in [0.717, 1.165) is 38.1 Å². The molecule has 2 heterocycles. The number of ether oxygens (including phenoxy) is 1. The lowest BCUT2D eigenvalue weighted by molar-refractivity contribution is -0.111. The van der Waals surface area contributed by atoms with Crippen molar-refractivity contribution >= 4 is 0 Å². The largest absolute Gasteiger partial charge is 0.504 e. The molecule has 3 heteroatoms. The Morgan fingerprint density at radius 3 is 3.13 bits per heavy atom. The predicted octanol–water partition coefficient (Wildman–Crippen LogP) is 3.40. The van der Waals surface area contributed by atoms with E-state index in [9.17, 15) is 5.11 Å². The molecule has 1 aromatic rings. The minimum atomic E-state index is 0.106. The highest BCUT2D eigenvalue weighted by atomic mass is 16.5. The van der Waals surface area contributed by atoms with Crippen molar-refractivity contribution in [1.82, 2.24) is 4.90 Å². The summed E-state index contributed by atoms with van der Waals surface area (Å²) in [5.41, 5.74) is 3.11. The normalized spacial score (nSPS) is 40.4. The quantitative estimate of drug-likeness (QED) is 0.850. The summed E-state index contributed by atoms with van der Waals surface area (Å²) in [4.78, 5) is 2.63. The smallest absolute Gasteiger partial charge is 0.165 e. The molecule has 2 aliphatic carbocycles. The molecule has 0 radical (unpaired) electrons. The van der Waals surface area contributed by atoms with E-state index in [2.05, 4.69) is 24.5 Å². The van der Waals surface area contributed by atoms with Gasteiger partial charge in [-0.05, 0) is 55.7 Å². The fourth-order valence-electron chi connectivity index (χ4n) is 6.49. The fourth-order valence-corrected chi connectivity index (χ4v) is 6.49. The Bertz CT molecular complexity index is 699. The Kier molecular flexibility index (Phi) is 2.62. The molecule has 2 bridgehead atoms. The number of nitrogens with zero attached hydrogens (tertiary/aromatic N) is 1. The second-order valence-corrected chi connectivity index (χ2v) is 8.09. The third kappa shape index (κ3) is 1.42. The number of aromatic hydroxyl groups is 1. The number of phenolic OH excluding ortho intramolecular Hbond substituents is 1. The molecule has 0 amide bonds. The van der Waals surface area contributed by atoms with Crippen molar-refractivity contribution in [3.05, 3.63) is 35.9 Å². The molecule has 4 aliphatic rings. The number of benzene rings is 1. The SMILES string of the molecule is C=CCN1CC[C@]23c4c5ccc(O)c4O[C@H]2CCC[C@@]3(C)C1C5. The first kappa shape index (κ1) is 13.9. The first-order valence-electron chi connectivity index (χ1n) is 8.99. The Labute approximate surface area is 137 Å². The summed E-state index contributed by atoms with van der Waals surface area (Å²) in [5.74, 6) is 1.14. The first-order valence-corrected chi connectivity index (χ1v) is 8.99. The van der Waals surface area contributed by atoms with Crippen LogP contribution in [0.25, 0.3) is 0 Å². The van der Waals surface area contributed by atoms with Crippen molar-refractivity contribution < 1.29 is 9.84 Å². The van der Waals surface area contributed by atoms with Crippen molar-refractivity contribution in [2.75, 3.05) is 13.1 Å². The van der Waals surface area contributed by atoms with Crippen LogP contribution in [-0.4, -0.2) is 35.2 Å². The molecule has 1 saturated heterocycles. The van der Waals surface area contributed by atoms with Crippen molar-refractivity contribution in [3.63, 3.8) is 0 Å². The van der Waals surface area contributed by atoms with E-state index >= 15 is 0 Å². The molecule has 2 aliphatic heterocycles. The molecule has 4 atom stereocenters. The van der Waals surface area contributed by atoms with E-state index < -0.39 is 0 Å². The minimum absolute atomic E-state index is 0.106. The number of rotatable bonds is 2. The number of likely N-dealkylation sites (tertiary alicyclic amines) is 1. The Morgan fingerprint density at radius 2 is 2.30 bits per heavy atom. The van der Waals surface area contributed by atoms with Gasteiger partial charge in [0.1, 0.15) is 6.10 Å². The summed E-state index contributed by atoms with van der Waals surface area (Å²) >= 11 is 0. The highest BCUT2D eigenvalue weighted by Gasteiger charge is 2.68. The van der Waals surface area contributed by atoms with Crippen molar-refractivity contribution in [2.24, 2.45) is 5.41 Å². The molecule has 5 rings (SSSR count). The molecule has 3 nitrogen and oxygen atoms in total. The second-order valence-electron chi connectivity index (χ2n) is 8.09. The van der Waals surface area contributed by atoms with Gasteiger partial charge in [-0.1, -0.05) is 19.1 Å². The van der Waals surface area contributed by atoms with Crippen LogP contribution in [0.3, 0.4) is 0 Å². The maximum absolute atomic E-state index is 10.4. The van der Waals surface area contributed by atoms with Gasteiger partial charge in [0, 0.05) is 23.6 Å². The van der Waals surface area contributed by atoms with Gasteiger partial charge in [0.2, 0.25) is 0 Å². The highest BCUT2D eigenvalue weighted by molar-refractivity contribution is 5.61. The maximum atomic E-state index is 10.4. The number of piperidine rings is 1. The van der Waals surface area contributed by atoms with Crippen LogP contribution in [0.1, 0.15) is 43.7 Å². The molecule has 1 aromatic carbocycles. The van der Waals surface area contributed by atoms with Gasteiger partial charge in [0.15, 0.2) is 11.5 Å². The maximum Gasteiger partial charge on any atom is 0.165 e. The third-order valence-corrected chi connectivity index (χ3v) is 7.41. The van der Waals surface area contributed by atoms with E-state index in [-0.39, 0.29) is 16.9 Å². The van der Waals surface area contributed by atoms with Crippen LogP contribution >= 0.6 is 0 Å². The average Bonchev–Trinajstić information content (AvgIpc) is 2.87. The predicted molar refractivity (Wildman–Crippen MR) is 90.0 cm³/mol. The van der Waals surface area contributed by atoms with Gasteiger partial charge < -0.3 is 9.84 Å². The van der Waals surface area contributed by atoms with E-state index in [4.69, 9.17) is 4.74 Å². The van der Waals surface area contributed by atoms with Gasteiger partial charge in [0.05, 0.1) is 0 Å². The summed E-state index contributed by atoms with van der Waals surface area (Å²) in [7, 11) is 0. The van der Waals surface area contributed by atoms with Crippen LogP contribution in [0.4, 0.5) is 0 Å². The summed E-state index contributed by atoms with van der Waals surface area (Å²) in [6.45, 7) is 8.54. The lowest BCUT2D eigenvalue weighted by Crippen LogP contribution is -2.69. The first-order chi connectivity index (χ1) is 11.1. The molecular formula is C20H25NO2. The van der Waals surface area contributed by atoms with Gasteiger partial charge in [-0.2, -0.15) is 0 Å². The van der Waals surface area contributed by atoms with Crippen LogP contribution in [0.15, 0.2) is 24.8 Å². The Hall–Kier alpha value is -1.48. The Balaban J connectivity index is 1.78. The van der Waals surface area contributed by atoms with Crippen LogP contribution in [0, 0.1) is 5.41 Å². The number of hydrogen-bond acceptors (Lipinski definition) is 3. The highest BCUT2D eigenvalue weighted by Crippen LogP contribution is 2.68. The number of phenols is 1. The summed E-state index contributed by atoms with van der Waals surface area (Å²) in [5, 5.41) is 10.4. The lowest BCUT2D eigenvalue weighted by atomic mass is 9.44. The molecule has 2 fully saturated rings. The average molecular weight is 311 g/mol. The van der Waals surface area contributed by atoms with Crippen molar-refractivity contribution in [3.8, 4) is 11.5 Å². The zero-order chi connectivity index (χ0) is 15.8. The van der Waals surface area contributed by atoms with Gasteiger partial charge in [-0.25, -0.2) is 0 Å². The van der Waals surface area contributed by atoms with Crippen LogP contribution in [0.5, 0.6) is 11.5 Å². The van der Waals surface area contributed by atoms with Crippen molar-refractivity contribution in [2.45, 2.75) is 56.6 Å². The van der Waals surface area contributed by atoms with E-state index in [1.54, 1.807) is 0 Å². The lowest BCUT2D eigenvalue weighted by Gasteiger charge is -2.64. The van der Waals surface area contributed by atoms with Crippen LogP contribution < -0.4 is 4.74 Å². The number of hydrogen-bond donors (Lipinski definition) is 1. The second kappa shape index (κ2) is 4.32. The van der Waals surface area contributed by atoms with Gasteiger partial charge in [-0.3, -0.25) is 4.90 Å². The zero-order valence-corrected chi connectivity index (χ0v) is 13.8. The van der Waals surface area contributed by atoms with Gasteiger partial charge in [0.25, 0.3) is 0 Å². The van der Waals surface area contributed by atoms with Crippen LogP contribution in [0.2, 0.25) is 0 Å². The molecule has 1 N–H and O–H groups in total. The van der Waals surface area contributed by atoms with Crippen LogP contribution in [-0.2, 0) is 11.8 Å². The third-order valence-electron chi connectivity index (χ3n) is 7.41. The monoisotopic (exact) mass is 311 g/mol. The topological polar surface area (TPSA) is 32.7 Å². The summed E-state index contributed by atoms with van der Waals surface area (Å²) in [6.07, 6.45) is 8.12. The minimum Gasteiger partial charge on any atom is -0.504 e. The fraction of sp³-hybridized carbons (Fsp3) is 0.600. The van der Waals surface area contributed by atoms with Gasteiger partial charge >= 0.3 is 0 Å². The van der Waals surface area contributed by atoms with E-state index in [1.165, 1.54) is 24.0 Å². The molecule has 1 unspecified atom stereocenters. The Morgan fingerprint density at radius 1 is 1.43 bits per heavy atom. The molecular weight excluding hydrogens is 286 g/mol. The van der Waals surface area contributed by atoms with Crippen molar-refractivity contribution in [1.29, 1.82) is 0 Å². The zero-order valence-electron chi connectivity index (χ0n) is 13.8.